The van der Waals surface area contributed by atoms with E-state index in [-0.39, 0.29) is 12.2 Å². The Morgan fingerprint density at radius 2 is 2.20 bits per heavy atom. The molecular weight excluding hydrogens is 199 g/mol. The normalized spacial score (nSPS) is 10.1. The molecule has 0 atom stereocenters. The molecule has 0 radical (unpaired) electrons. The van der Waals surface area contributed by atoms with Crippen molar-refractivity contribution in [3.8, 4) is 5.75 Å². The lowest BCUT2D eigenvalue weighted by atomic mass is 10.0. The van der Waals surface area contributed by atoms with Crippen molar-refractivity contribution >= 4 is 5.97 Å². The van der Waals surface area contributed by atoms with Crippen LogP contribution >= 0.6 is 0 Å². The van der Waals surface area contributed by atoms with Gasteiger partial charge in [-0.1, -0.05) is 0 Å². The maximum atomic E-state index is 13.2. The minimum Gasteiger partial charge on any atom is -0.494 e. The minimum absolute atomic E-state index is 0.0373. The van der Waals surface area contributed by atoms with Gasteiger partial charge in [-0.05, 0) is 36.6 Å². The lowest BCUT2D eigenvalue weighted by Crippen LogP contribution is -2.00. The zero-order chi connectivity index (χ0) is 11.4. The lowest BCUT2D eigenvalue weighted by Gasteiger charge is -2.08. The molecule has 0 aliphatic carbocycles. The maximum absolute atomic E-state index is 13.2. The summed E-state index contributed by atoms with van der Waals surface area (Å²) in [4.78, 5) is 10.4. The molecule has 1 aromatic rings. The number of ether oxygens (including phenoxy) is 1. The van der Waals surface area contributed by atoms with E-state index in [2.05, 4.69) is 0 Å². The first-order chi connectivity index (χ1) is 7.04. The van der Waals surface area contributed by atoms with Crippen molar-refractivity contribution in [3.63, 3.8) is 0 Å². The van der Waals surface area contributed by atoms with E-state index in [0.29, 0.717) is 6.42 Å². The van der Waals surface area contributed by atoms with Crippen molar-refractivity contribution in [2.24, 2.45) is 0 Å². The number of methoxy groups -OCH3 is 1. The SMILES string of the molecule is COc1cc(CCC(=O)O)c(C)cc1F. The van der Waals surface area contributed by atoms with Crippen LogP contribution in [0.25, 0.3) is 0 Å². The average Bonchev–Trinajstić information content (AvgIpc) is 2.16. The largest absolute Gasteiger partial charge is 0.494 e. The van der Waals surface area contributed by atoms with Gasteiger partial charge >= 0.3 is 5.97 Å². The molecule has 15 heavy (non-hydrogen) atoms. The fourth-order valence-electron chi connectivity index (χ4n) is 1.36. The molecule has 0 saturated heterocycles. The Bertz CT molecular complexity index is 374. The lowest BCUT2D eigenvalue weighted by molar-refractivity contribution is -0.136. The van der Waals surface area contributed by atoms with E-state index in [4.69, 9.17) is 9.84 Å². The second kappa shape index (κ2) is 4.77. The first kappa shape index (κ1) is 11.5. The van der Waals surface area contributed by atoms with E-state index in [1.165, 1.54) is 13.2 Å². The first-order valence-electron chi connectivity index (χ1n) is 4.59. The number of halogens is 1. The van der Waals surface area contributed by atoms with Crippen molar-refractivity contribution in [2.45, 2.75) is 19.8 Å². The van der Waals surface area contributed by atoms with E-state index in [1.54, 1.807) is 13.0 Å². The summed E-state index contributed by atoms with van der Waals surface area (Å²) in [7, 11) is 1.38. The molecule has 0 spiro atoms. The summed E-state index contributed by atoms with van der Waals surface area (Å²) in [6, 6.07) is 2.91. The number of carboxylic acids is 1. The third kappa shape index (κ3) is 2.94. The van der Waals surface area contributed by atoms with Gasteiger partial charge < -0.3 is 9.84 Å². The van der Waals surface area contributed by atoms with Crippen LogP contribution in [-0.2, 0) is 11.2 Å². The molecule has 1 aromatic carbocycles. The van der Waals surface area contributed by atoms with Crippen molar-refractivity contribution in [3.05, 3.63) is 29.1 Å². The smallest absolute Gasteiger partial charge is 0.303 e. The Balaban J connectivity index is 2.92. The highest BCUT2D eigenvalue weighted by Gasteiger charge is 2.08. The predicted octanol–water partition coefficient (Wildman–Crippen LogP) is 2.16. The van der Waals surface area contributed by atoms with Gasteiger partial charge in [0.25, 0.3) is 0 Å². The minimum atomic E-state index is -0.863. The molecule has 0 saturated carbocycles. The van der Waals surface area contributed by atoms with Gasteiger partial charge in [0, 0.05) is 6.42 Å². The second-order valence-corrected chi connectivity index (χ2v) is 3.31. The van der Waals surface area contributed by atoms with Crippen LogP contribution in [0.5, 0.6) is 5.75 Å². The highest BCUT2D eigenvalue weighted by Crippen LogP contribution is 2.22. The third-order valence-electron chi connectivity index (χ3n) is 2.22. The third-order valence-corrected chi connectivity index (χ3v) is 2.22. The second-order valence-electron chi connectivity index (χ2n) is 3.31. The number of aliphatic carboxylic acids is 1. The molecule has 0 amide bonds. The van der Waals surface area contributed by atoms with Gasteiger partial charge in [-0.15, -0.1) is 0 Å². The molecule has 82 valence electrons. The molecule has 4 heteroatoms. The van der Waals surface area contributed by atoms with Crippen LogP contribution in [0.2, 0.25) is 0 Å². The molecule has 3 nitrogen and oxygen atoms in total. The van der Waals surface area contributed by atoms with Gasteiger partial charge in [0.2, 0.25) is 0 Å². The number of aryl methyl sites for hydroxylation is 2. The summed E-state index contributed by atoms with van der Waals surface area (Å²) in [5, 5.41) is 8.54. The Kier molecular flexibility index (Phi) is 3.66. The van der Waals surface area contributed by atoms with E-state index in [9.17, 15) is 9.18 Å². The molecule has 0 fully saturated rings. The standard InChI is InChI=1S/C11H13FO3/c1-7-5-9(12)10(15-2)6-8(7)3-4-11(13)14/h5-6H,3-4H2,1-2H3,(H,13,14). The molecule has 0 aliphatic rings. The number of benzene rings is 1. The molecule has 0 aliphatic heterocycles. The number of carboxylic acid groups (broad SMARTS) is 1. The average molecular weight is 212 g/mol. The number of rotatable bonds is 4. The predicted molar refractivity (Wildman–Crippen MR) is 53.6 cm³/mol. The molecule has 1 rings (SSSR count). The molecular formula is C11H13FO3. The van der Waals surface area contributed by atoms with Crippen molar-refractivity contribution < 1.29 is 19.0 Å². The molecule has 0 heterocycles. The quantitative estimate of drug-likeness (QED) is 0.831. The van der Waals surface area contributed by atoms with E-state index in [1.807, 2.05) is 0 Å². The highest BCUT2D eigenvalue weighted by atomic mass is 19.1. The summed E-state index contributed by atoms with van der Waals surface area (Å²) in [5.41, 5.74) is 1.55. The topological polar surface area (TPSA) is 46.5 Å². The van der Waals surface area contributed by atoms with E-state index in [0.717, 1.165) is 11.1 Å². The first-order valence-corrected chi connectivity index (χ1v) is 4.59. The van der Waals surface area contributed by atoms with Crippen molar-refractivity contribution in [1.82, 2.24) is 0 Å². The maximum Gasteiger partial charge on any atom is 0.303 e. The molecule has 0 bridgehead atoms. The molecule has 1 N–H and O–H groups in total. The Labute approximate surface area is 87.5 Å². The summed E-state index contributed by atoms with van der Waals surface area (Å²) in [6.45, 7) is 1.75. The van der Waals surface area contributed by atoms with Gasteiger partial charge in [0.15, 0.2) is 11.6 Å². The van der Waals surface area contributed by atoms with Gasteiger partial charge in [0.05, 0.1) is 7.11 Å². The Morgan fingerprint density at radius 3 is 2.73 bits per heavy atom. The fourth-order valence-corrected chi connectivity index (χ4v) is 1.36. The number of hydrogen-bond donors (Lipinski definition) is 1. The van der Waals surface area contributed by atoms with Gasteiger partial charge in [-0.2, -0.15) is 0 Å². The highest BCUT2D eigenvalue weighted by molar-refractivity contribution is 5.67. The Morgan fingerprint density at radius 1 is 1.53 bits per heavy atom. The molecule has 0 aromatic heterocycles. The van der Waals surface area contributed by atoms with Crippen LogP contribution in [0.3, 0.4) is 0 Å². The van der Waals surface area contributed by atoms with Crippen LogP contribution in [0.1, 0.15) is 17.5 Å². The van der Waals surface area contributed by atoms with Gasteiger partial charge in [-0.25, -0.2) is 4.39 Å². The van der Waals surface area contributed by atoms with Gasteiger partial charge in [0.1, 0.15) is 0 Å². The number of hydrogen-bond acceptors (Lipinski definition) is 2. The van der Waals surface area contributed by atoms with Crippen LogP contribution in [0, 0.1) is 12.7 Å². The van der Waals surface area contributed by atoms with Crippen LogP contribution in [0.15, 0.2) is 12.1 Å². The van der Waals surface area contributed by atoms with Gasteiger partial charge in [-0.3, -0.25) is 4.79 Å². The Hall–Kier alpha value is -1.58. The number of carbonyl (C=O) groups is 1. The van der Waals surface area contributed by atoms with E-state index >= 15 is 0 Å². The van der Waals surface area contributed by atoms with Crippen LogP contribution < -0.4 is 4.74 Å². The summed E-state index contributed by atoms with van der Waals surface area (Å²) in [5.74, 6) is -1.13. The summed E-state index contributed by atoms with van der Waals surface area (Å²) >= 11 is 0. The zero-order valence-corrected chi connectivity index (χ0v) is 8.71. The van der Waals surface area contributed by atoms with Crippen molar-refractivity contribution in [2.75, 3.05) is 7.11 Å². The molecule has 0 unspecified atom stereocenters. The summed E-state index contributed by atoms with van der Waals surface area (Å²) in [6.07, 6.45) is 0.424. The van der Waals surface area contributed by atoms with Crippen molar-refractivity contribution in [1.29, 1.82) is 0 Å². The monoisotopic (exact) mass is 212 g/mol. The van der Waals surface area contributed by atoms with Crippen LogP contribution in [-0.4, -0.2) is 18.2 Å². The van der Waals surface area contributed by atoms with Crippen LogP contribution in [0.4, 0.5) is 4.39 Å². The zero-order valence-electron chi connectivity index (χ0n) is 8.71. The van der Waals surface area contributed by atoms with E-state index < -0.39 is 11.8 Å². The fraction of sp³-hybridized carbons (Fsp3) is 0.364. The summed E-state index contributed by atoms with van der Waals surface area (Å²) < 4.78 is 18.0.